The molecule has 0 bridgehead atoms. The van der Waals surface area contributed by atoms with Crippen LogP contribution in [0.25, 0.3) is 11.0 Å². The molecule has 3 atom stereocenters. The molecule has 1 aromatic heterocycles. The monoisotopic (exact) mass is 702 g/mol. The zero-order chi connectivity index (χ0) is 34.4. The van der Waals surface area contributed by atoms with Gasteiger partial charge in [0.15, 0.2) is 0 Å². The van der Waals surface area contributed by atoms with Crippen molar-refractivity contribution in [3.05, 3.63) is 29.6 Å². The van der Waals surface area contributed by atoms with E-state index in [2.05, 4.69) is 29.7 Å². The number of carbonyl (C=O) groups excluding carboxylic acids is 1. The minimum absolute atomic E-state index is 0.00534. The smallest absolute Gasteiger partial charge is 0.253 e. The number of rotatable bonds is 16. The van der Waals surface area contributed by atoms with E-state index in [-0.39, 0.29) is 69.2 Å². The highest BCUT2D eigenvalue weighted by Gasteiger charge is 2.47. The van der Waals surface area contributed by atoms with Crippen molar-refractivity contribution in [2.75, 3.05) is 13.2 Å². The molecule has 3 saturated carbocycles. The van der Waals surface area contributed by atoms with Crippen molar-refractivity contribution in [1.82, 2.24) is 19.6 Å². The Kier molecular flexibility index (Phi) is 10.7. The highest BCUT2D eigenvalue weighted by Crippen LogP contribution is 2.45. The van der Waals surface area contributed by atoms with E-state index in [4.69, 9.17) is 14.5 Å². The molecule has 0 radical (unpaired) electrons. The summed E-state index contributed by atoms with van der Waals surface area (Å²) >= 11 is 0. The molecule has 47 heavy (non-hydrogen) atoms. The van der Waals surface area contributed by atoms with Crippen molar-refractivity contribution in [1.29, 1.82) is 0 Å². The largest absolute Gasteiger partial charge is 0.376 e. The van der Waals surface area contributed by atoms with Gasteiger partial charge in [-0.3, -0.25) is 4.79 Å². The molecule has 3 fully saturated rings. The summed E-state index contributed by atoms with van der Waals surface area (Å²) < 4.78 is 83.8. The molecule has 2 aromatic rings. The van der Waals surface area contributed by atoms with E-state index in [0.717, 1.165) is 30.0 Å². The normalized spacial score (nSPS) is 22.0. The summed E-state index contributed by atoms with van der Waals surface area (Å²) in [5, 5.41) is 3.13. The van der Waals surface area contributed by atoms with Crippen LogP contribution in [-0.4, -0.2) is 63.7 Å². The molecule has 0 spiro atoms. The molecule has 5 rings (SSSR count). The Morgan fingerprint density at radius 1 is 1.11 bits per heavy atom. The number of nitrogens with one attached hydrogen (secondary N) is 2. The second kappa shape index (κ2) is 13.8. The number of amides is 1. The Balaban J connectivity index is 1.43. The molecule has 1 heterocycles. The lowest BCUT2D eigenvalue weighted by Gasteiger charge is -2.35. The quantitative estimate of drug-likeness (QED) is 0.109. The topological polar surface area (TPSA) is 94.5 Å². The molecule has 3 aliphatic rings. The molecule has 264 valence electrons. The summed E-state index contributed by atoms with van der Waals surface area (Å²) in [7, 11) is -2.89. The van der Waals surface area contributed by atoms with Gasteiger partial charge in [-0.25, -0.2) is 31.5 Å². The van der Waals surface area contributed by atoms with Crippen molar-refractivity contribution in [3.63, 3.8) is 0 Å². The Morgan fingerprint density at radius 2 is 1.77 bits per heavy atom. The number of alkyl halides is 4. The lowest BCUT2D eigenvalue weighted by molar-refractivity contribution is -0.167. The third-order valence-corrected chi connectivity index (χ3v) is 12.4. The summed E-state index contributed by atoms with van der Waals surface area (Å²) in [6.45, 7) is 13.1. The molecular formula is C33H50F4N4O4SSi. The van der Waals surface area contributed by atoms with Crippen molar-refractivity contribution in [2.24, 2.45) is 11.8 Å². The number of hydrogen-bond donors (Lipinski definition) is 2. The van der Waals surface area contributed by atoms with E-state index >= 15 is 0 Å². The maximum atomic E-state index is 13.6. The average Bonchev–Trinajstić information content (AvgIpc) is 3.69. The lowest BCUT2D eigenvalue weighted by atomic mass is 9.79. The van der Waals surface area contributed by atoms with Crippen LogP contribution in [0.5, 0.6) is 0 Å². The van der Waals surface area contributed by atoms with E-state index < -0.39 is 47.8 Å². The van der Waals surface area contributed by atoms with Crippen LogP contribution in [0.3, 0.4) is 0 Å². The first kappa shape index (κ1) is 36.4. The standard InChI is InChI=1S/C33H50F4N4O4SSi/c1-31(2,3)46(43)40-26(19-45-24-17-33(36,37)18-24)30-38-25-10-9-23(14-27(25)41(30)20-44-11-12-47(4,5)6)29(22-7-8-22)39-28(42)13-21-15-32(34,35)16-21/h9-10,14,21-22,24,26,29,40H,7-8,11-13,15-20H2,1-6H3,(H,39,42)/t26-,29+,46+/m0/s1. The molecule has 1 aromatic carbocycles. The third-order valence-electron chi connectivity index (χ3n) is 9.10. The van der Waals surface area contributed by atoms with Crippen LogP contribution in [0.4, 0.5) is 17.6 Å². The van der Waals surface area contributed by atoms with E-state index in [1.807, 2.05) is 43.5 Å². The number of fused-ring (bicyclic) bond motifs is 1. The predicted molar refractivity (Wildman–Crippen MR) is 177 cm³/mol. The van der Waals surface area contributed by atoms with Gasteiger partial charge < -0.3 is 19.4 Å². The molecule has 1 amide bonds. The molecule has 8 nitrogen and oxygen atoms in total. The molecule has 0 saturated heterocycles. The molecule has 2 N–H and O–H groups in total. The predicted octanol–water partition coefficient (Wildman–Crippen LogP) is 7.26. The van der Waals surface area contributed by atoms with Crippen LogP contribution in [0.2, 0.25) is 25.7 Å². The Bertz CT molecular complexity index is 1440. The summed E-state index contributed by atoms with van der Waals surface area (Å²) in [5.41, 5.74) is 2.31. The van der Waals surface area contributed by atoms with Gasteiger partial charge in [0, 0.05) is 46.8 Å². The van der Waals surface area contributed by atoms with Gasteiger partial charge in [-0.1, -0.05) is 25.7 Å². The fourth-order valence-electron chi connectivity index (χ4n) is 6.04. The molecule has 0 unspecified atom stereocenters. The number of ether oxygens (including phenoxy) is 2. The minimum atomic E-state index is -2.73. The number of carbonyl (C=O) groups is 1. The van der Waals surface area contributed by atoms with Gasteiger partial charge in [-0.05, 0) is 69.2 Å². The van der Waals surface area contributed by atoms with Gasteiger partial charge in [-0.15, -0.1) is 0 Å². The number of benzene rings is 1. The Labute approximate surface area is 278 Å². The van der Waals surface area contributed by atoms with Gasteiger partial charge in [-0.2, -0.15) is 0 Å². The van der Waals surface area contributed by atoms with Crippen LogP contribution in [0.1, 0.15) is 89.2 Å². The van der Waals surface area contributed by atoms with Crippen LogP contribution in [-0.2, 0) is 32.0 Å². The number of hydrogen-bond acceptors (Lipinski definition) is 5. The fourth-order valence-corrected chi connectivity index (χ4v) is 7.58. The molecule has 3 aliphatic carbocycles. The second-order valence-electron chi connectivity index (χ2n) is 16.0. The van der Waals surface area contributed by atoms with Crippen LogP contribution < -0.4 is 10.0 Å². The van der Waals surface area contributed by atoms with Crippen molar-refractivity contribution >= 4 is 36.0 Å². The van der Waals surface area contributed by atoms with E-state index in [1.54, 1.807) is 0 Å². The Morgan fingerprint density at radius 3 is 2.34 bits per heavy atom. The van der Waals surface area contributed by atoms with Crippen molar-refractivity contribution in [2.45, 2.75) is 133 Å². The van der Waals surface area contributed by atoms with Crippen LogP contribution in [0, 0.1) is 11.8 Å². The number of nitrogens with zero attached hydrogens (tertiary/aromatic N) is 2. The third kappa shape index (κ3) is 9.86. The first-order valence-corrected chi connectivity index (χ1v) is 21.6. The highest BCUT2D eigenvalue weighted by atomic mass is 32.2. The maximum absolute atomic E-state index is 13.6. The van der Waals surface area contributed by atoms with Crippen LogP contribution >= 0.6 is 0 Å². The zero-order valence-corrected chi connectivity index (χ0v) is 30.2. The number of halogens is 4. The maximum Gasteiger partial charge on any atom is 0.253 e. The van der Waals surface area contributed by atoms with Crippen molar-refractivity contribution in [3.8, 4) is 0 Å². The summed E-state index contributed by atoms with van der Waals surface area (Å²) in [4.78, 5) is 17.9. The minimum Gasteiger partial charge on any atom is -0.376 e. The van der Waals surface area contributed by atoms with Gasteiger partial charge in [0.25, 0.3) is 5.92 Å². The van der Waals surface area contributed by atoms with Gasteiger partial charge in [0.2, 0.25) is 11.8 Å². The van der Waals surface area contributed by atoms with E-state index in [0.29, 0.717) is 17.9 Å². The SMILES string of the molecule is CC(C)(C)[S@@](=O)N[C@@H](COC1CC(F)(F)C1)c1nc2ccc([C@H](NC(=O)CC3CC(F)(F)C3)C3CC3)cc2n1COCC[Si](C)(C)C. The lowest BCUT2D eigenvalue weighted by Crippen LogP contribution is -2.44. The second-order valence-corrected chi connectivity index (χ2v) is 23.6. The average molecular weight is 703 g/mol. The van der Waals surface area contributed by atoms with E-state index in [9.17, 15) is 26.6 Å². The first-order chi connectivity index (χ1) is 21.8. The molecule has 0 aliphatic heterocycles. The number of aromatic nitrogens is 2. The van der Waals surface area contributed by atoms with Gasteiger partial charge in [0.1, 0.15) is 18.6 Å². The highest BCUT2D eigenvalue weighted by molar-refractivity contribution is 7.84. The van der Waals surface area contributed by atoms with Gasteiger partial charge >= 0.3 is 0 Å². The summed E-state index contributed by atoms with van der Waals surface area (Å²) in [5.74, 6) is -5.15. The van der Waals surface area contributed by atoms with E-state index in [1.165, 1.54) is 0 Å². The summed E-state index contributed by atoms with van der Waals surface area (Å²) in [6, 6.07) is 5.81. The number of imidazole rings is 1. The fraction of sp³-hybridized carbons (Fsp3) is 0.758. The first-order valence-electron chi connectivity index (χ1n) is 16.7. The summed E-state index contributed by atoms with van der Waals surface area (Å²) in [6.07, 6.45) is 0.208. The molecular weight excluding hydrogens is 653 g/mol. The van der Waals surface area contributed by atoms with Crippen molar-refractivity contribution < 1.29 is 36.0 Å². The Hall–Kier alpha value is -1.87. The molecule has 14 heteroatoms. The van der Waals surface area contributed by atoms with Crippen LogP contribution in [0.15, 0.2) is 18.2 Å². The zero-order valence-electron chi connectivity index (χ0n) is 28.3. The van der Waals surface area contributed by atoms with Gasteiger partial charge in [0.05, 0.1) is 45.5 Å².